The first kappa shape index (κ1) is 23.4. The number of methoxy groups -OCH3 is 1. The number of nitrogens with one attached hydrogen (secondary N) is 1. The van der Waals surface area contributed by atoms with E-state index in [1.165, 1.54) is 18.4 Å². The van der Waals surface area contributed by atoms with Crippen molar-refractivity contribution >= 4 is 33.5 Å². The van der Waals surface area contributed by atoms with Crippen LogP contribution < -0.4 is 5.32 Å². The number of aryl methyl sites for hydroxylation is 2. The van der Waals surface area contributed by atoms with E-state index in [4.69, 9.17) is 13.7 Å². The molecule has 27 heavy (non-hydrogen) atoms. The van der Waals surface area contributed by atoms with Gasteiger partial charge in [0.05, 0.1) is 19.5 Å². The summed E-state index contributed by atoms with van der Waals surface area (Å²) in [5.41, 5.74) is 0.258. The molecule has 1 aromatic heterocycles. The van der Waals surface area contributed by atoms with E-state index in [-0.39, 0.29) is 6.54 Å². The maximum atomic E-state index is 11.8. The highest BCUT2D eigenvalue weighted by atomic mass is 32.2. The second-order valence-corrected chi connectivity index (χ2v) is 9.79. The minimum Gasteiger partial charge on any atom is -0.465 e. The Morgan fingerprint density at radius 2 is 1.93 bits per heavy atom. The Labute approximate surface area is 164 Å². The van der Waals surface area contributed by atoms with Gasteiger partial charge in [0, 0.05) is 11.4 Å². The third kappa shape index (κ3) is 9.21. The lowest BCUT2D eigenvalue weighted by molar-refractivity contribution is 0.0499. The molecule has 0 saturated carbocycles. The summed E-state index contributed by atoms with van der Waals surface area (Å²) in [5.74, 6) is -0.412. The van der Waals surface area contributed by atoms with Crippen LogP contribution in [0.3, 0.4) is 0 Å². The highest BCUT2D eigenvalue weighted by Gasteiger charge is 2.21. The fourth-order valence-electron chi connectivity index (χ4n) is 2.20. The number of carbonyl (C=O) groups is 2. The number of amides is 1. The standard InChI is InChI=1S/C17H27NO7S2/c1-11-9-14(15(19)23-5)26-13(11)8-7-12(25-27(6,21)22)10-18-16(20)24-17(2,3)4/h9,12H,7-8,10H2,1-6H3,(H,18,20)/t12-/m0/s1. The average Bonchev–Trinajstić information content (AvgIpc) is 2.87. The van der Waals surface area contributed by atoms with Gasteiger partial charge < -0.3 is 14.8 Å². The van der Waals surface area contributed by atoms with Crippen molar-refractivity contribution in [3.8, 4) is 0 Å². The van der Waals surface area contributed by atoms with Gasteiger partial charge in [-0.25, -0.2) is 9.59 Å². The molecule has 1 amide bonds. The summed E-state index contributed by atoms with van der Waals surface area (Å²) >= 11 is 1.29. The molecule has 10 heteroatoms. The van der Waals surface area contributed by atoms with Crippen molar-refractivity contribution in [2.75, 3.05) is 19.9 Å². The molecule has 1 rings (SSSR count). The summed E-state index contributed by atoms with van der Waals surface area (Å²) < 4.78 is 37.9. The molecule has 1 atom stereocenters. The smallest absolute Gasteiger partial charge is 0.407 e. The van der Waals surface area contributed by atoms with Gasteiger partial charge >= 0.3 is 12.1 Å². The van der Waals surface area contributed by atoms with Crippen LogP contribution in [0.1, 0.15) is 47.3 Å². The van der Waals surface area contributed by atoms with Crippen molar-refractivity contribution in [2.45, 2.75) is 52.2 Å². The van der Waals surface area contributed by atoms with Crippen molar-refractivity contribution in [3.05, 3.63) is 21.4 Å². The van der Waals surface area contributed by atoms with E-state index >= 15 is 0 Å². The Morgan fingerprint density at radius 1 is 1.30 bits per heavy atom. The molecule has 8 nitrogen and oxygen atoms in total. The Hall–Kier alpha value is -1.65. The van der Waals surface area contributed by atoms with E-state index in [2.05, 4.69) is 5.32 Å². The van der Waals surface area contributed by atoms with Crippen LogP contribution in [-0.4, -0.2) is 52.1 Å². The normalized spacial score (nSPS) is 13.1. The van der Waals surface area contributed by atoms with E-state index in [0.717, 1.165) is 16.7 Å². The van der Waals surface area contributed by atoms with Crippen LogP contribution in [0.5, 0.6) is 0 Å². The third-order valence-electron chi connectivity index (χ3n) is 3.28. The van der Waals surface area contributed by atoms with Crippen molar-refractivity contribution in [1.29, 1.82) is 0 Å². The molecule has 154 valence electrons. The number of esters is 1. The minimum absolute atomic E-state index is 0.0176. The molecular weight excluding hydrogens is 394 g/mol. The van der Waals surface area contributed by atoms with Gasteiger partial charge in [0.15, 0.2) is 0 Å². The van der Waals surface area contributed by atoms with Crippen LogP contribution in [0.4, 0.5) is 4.79 Å². The number of alkyl carbamates (subject to hydrolysis) is 1. The van der Waals surface area contributed by atoms with Gasteiger partial charge in [-0.3, -0.25) is 4.18 Å². The van der Waals surface area contributed by atoms with Crippen molar-refractivity contribution < 1.29 is 31.7 Å². The topological polar surface area (TPSA) is 108 Å². The maximum Gasteiger partial charge on any atom is 0.407 e. The first-order valence-electron chi connectivity index (χ1n) is 8.33. The SMILES string of the molecule is COC(=O)c1cc(C)c(CC[C@@H](CNC(=O)OC(C)(C)C)OS(C)(=O)=O)s1. The molecule has 1 heterocycles. The van der Waals surface area contributed by atoms with Gasteiger partial charge in [-0.2, -0.15) is 8.42 Å². The Kier molecular flexibility index (Phi) is 8.24. The zero-order valence-corrected chi connectivity index (χ0v) is 18.1. The second kappa shape index (κ2) is 9.52. The minimum atomic E-state index is -3.70. The van der Waals surface area contributed by atoms with Crippen LogP contribution in [0.25, 0.3) is 0 Å². The number of rotatable bonds is 8. The first-order valence-corrected chi connectivity index (χ1v) is 11.0. The van der Waals surface area contributed by atoms with Crippen LogP contribution >= 0.6 is 11.3 Å². The molecule has 0 spiro atoms. The van der Waals surface area contributed by atoms with Gasteiger partial charge in [-0.05, 0) is 52.2 Å². The predicted octanol–water partition coefficient (Wildman–Crippen LogP) is 2.65. The van der Waals surface area contributed by atoms with E-state index in [1.807, 2.05) is 6.92 Å². The zero-order valence-electron chi connectivity index (χ0n) is 16.5. The largest absolute Gasteiger partial charge is 0.465 e. The number of ether oxygens (including phenoxy) is 2. The monoisotopic (exact) mass is 421 g/mol. The highest BCUT2D eigenvalue weighted by Crippen LogP contribution is 2.25. The van der Waals surface area contributed by atoms with E-state index in [0.29, 0.717) is 17.7 Å². The average molecular weight is 422 g/mol. The van der Waals surface area contributed by atoms with Crippen LogP contribution in [0.15, 0.2) is 6.07 Å². The predicted molar refractivity (Wildman–Crippen MR) is 103 cm³/mol. The van der Waals surface area contributed by atoms with Crippen molar-refractivity contribution in [2.24, 2.45) is 0 Å². The lowest BCUT2D eigenvalue weighted by atomic mass is 10.1. The van der Waals surface area contributed by atoms with Gasteiger partial charge in [-0.15, -0.1) is 11.3 Å². The molecule has 0 aliphatic heterocycles. The summed E-state index contributed by atoms with van der Waals surface area (Å²) in [6.07, 6.45) is 0.383. The van der Waals surface area contributed by atoms with Crippen molar-refractivity contribution in [1.82, 2.24) is 5.32 Å². The van der Waals surface area contributed by atoms with Crippen LogP contribution in [-0.2, 0) is 30.2 Å². The molecule has 0 fully saturated rings. The molecule has 1 aromatic rings. The van der Waals surface area contributed by atoms with E-state index in [1.54, 1.807) is 26.8 Å². The maximum absolute atomic E-state index is 11.8. The molecule has 0 aliphatic rings. The van der Waals surface area contributed by atoms with Gasteiger partial charge in [0.25, 0.3) is 10.1 Å². The third-order valence-corrected chi connectivity index (χ3v) is 5.18. The Balaban J connectivity index is 2.74. The van der Waals surface area contributed by atoms with Crippen LogP contribution in [0.2, 0.25) is 0 Å². The molecule has 1 N–H and O–H groups in total. The fraction of sp³-hybridized carbons (Fsp3) is 0.647. The Morgan fingerprint density at radius 3 is 2.44 bits per heavy atom. The molecule has 0 aliphatic carbocycles. The lowest BCUT2D eigenvalue weighted by Crippen LogP contribution is -2.38. The first-order chi connectivity index (χ1) is 12.3. The van der Waals surface area contributed by atoms with Gasteiger partial charge in [0.1, 0.15) is 10.5 Å². The molecular formula is C17H27NO7S2. The Bertz CT molecular complexity index is 763. The second-order valence-electron chi connectivity index (χ2n) is 7.05. The summed E-state index contributed by atoms with van der Waals surface area (Å²) in [6, 6.07) is 1.73. The molecule has 0 bridgehead atoms. The lowest BCUT2D eigenvalue weighted by Gasteiger charge is -2.21. The van der Waals surface area contributed by atoms with Gasteiger partial charge in [-0.1, -0.05) is 0 Å². The van der Waals surface area contributed by atoms with E-state index < -0.39 is 33.9 Å². The summed E-state index contributed by atoms with van der Waals surface area (Å²) in [7, 11) is -2.38. The summed E-state index contributed by atoms with van der Waals surface area (Å²) in [4.78, 5) is 24.8. The quantitative estimate of drug-likeness (QED) is 0.508. The molecule has 0 radical (unpaired) electrons. The molecule has 0 unspecified atom stereocenters. The number of hydrogen-bond acceptors (Lipinski definition) is 8. The van der Waals surface area contributed by atoms with Crippen LogP contribution in [0, 0.1) is 6.92 Å². The van der Waals surface area contributed by atoms with Gasteiger partial charge in [0.2, 0.25) is 0 Å². The number of hydrogen-bond donors (Lipinski definition) is 1. The summed E-state index contributed by atoms with van der Waals surface area (Å²) in [6.45, 7) is 7.04. The number of thiophene rings is 1. The highest BCUT2D eigenvalue weighted by molar-refractivity contribution is 7.86. The zero-order chi connectivity index (χ0) is 20.8. The molecule has 0 saturated heterocycles. The fourth-order valence-corrected chi connectivity index (χ4v) is 3.97. The summed E-state index contributed by atoms with van der Waals surface area (Å²) in [5, 5.41) is 2.52. The van der Waals surface area contributed by atoms with E-state index in [9.17, 15) is 18.0 Å². The molecule has 0 aromatic carbocycles. The number of carbonyl (C=O) groups excluding carboxylic acids is 2. The van der Waals surface area contributed by atoms with Crippen molar-refractivity contribution in [3.63, 3.8) is 0 Å².